The van der Waals surface area contributed by atoms with E-state index in [9.17, 15) is 36.3 Å². The van der Waals surface area contributed by atoms with Crippen LogP contribution in [0, 0.1) is 23.4 Å². The lowest BCUT2D eigenvalue weighted by Crippen LogP contribution is -2.25. The SMILES string of the molecule is CC(=O)N(C)c1c(F)ccc(CC(=O)c2cc(NC(=O)[C@H]3[C@H](c4ccc(F)c(C(F)(F)F)c4)C3(Cl)Cl)ccc2Cl)c1F. The largest absolute Gasteiger partial charge is 0.419 e. The molecule has 2 amide bonds. The highest BCUT2D eigenvalue weighted by Crippen LogP contribution is 2.65. The molecule has 5 nitrogen and oxygen atoms in total. The van der Waals surface area contributed by atoms with Gasteiger partial charge < -0.3 is 10.2 Å². The van der Waals surface area contributed by atoms with Crippen LogP contribution in [-0.2, 0) is 22.2 Å². The van der Waals surface area contributed by atoms with Gasteiger partial charge in [0.05, 0.1) is 16.5 Å². The molecule has 0 heterocycles. The summed E-state index contributed by atoms with van der Waals surface area (Å²) in [5.74, 6) is -8.10. The molecule has 3 aromatic rings. The molecule has 3 aromatic carbocycles. The summed E-state index contributed by atoms with van der Waals surface area (Å²) in [7, 11) is 1.17. The Morgan fingerprint density at radius 1 is 0.976 bits per heavy atom. The zero-order chi connectivity index (χ0) is 31.3. The van der Waals surface area contributed by atoms with E-state index >= 15 is 4.39 Å². The van der Waals surface area contributed by atoms with E-state index in [-0.39, 0.29) is 27.4 Å². The molecule has 0 unspecified atom stereocenters. The summed E-state index contributed by atoms with van der Waals surface area (Å²) < 4.78 is 80.7. The Hall–Kier alpha value is -3.28. The summed E-state index contributed by atoms with van der Waals surface area (Å²) >= 11 is 18.6. The van der Waals surface area contributed by atoms with Crippen molar-refractivity contribution >= 4 is 63.8 Å². The second kappa shape index (κ2) is 11.4. The van der Waals surface area contributed by atoms with E-state index in [1.807, 2.05) is 0 Å². The Bertz CT molecular complexity index is 1610. The summed E-state index contributed by atoms with van der Waals surface area (Å²) in [5, 5.41) is 2.42. The maximum Gasteiger partial charge on any atom is 0.419 e. The van der Waals surface area contributed by atoms with Crippen LogP contribution in [0.3, 0.4) is 0 Å². The van der Waals surface area contributed by atoms with Gasteiger partial charge in [-0.25, -0.2) is 13.2 Å². The van der Waals surface area contributed by atoms with E-state index < -0.39 is 75.1 Å². The number of carbonyl (C=O) groups is 3. The fourth-order valence-electron chi connectivity index (χ4n) is 4.51. The minimum atomic E-state index is -4.98. The Labute approximate surface area is 250 Å². The molecule has 0 radical (unpaired) electrons. The molecule has 1 aliphatic rings. The molecule has 0 aliphatic heterocycles. The van der Waals surface area contributed by atoms with Crippen molar-refractivity contribution in [2.75, 3.05) is 17.3 Å². The van der Waals surface area contributed by atoms with E-state index in [0.717, 1.165) is 30.0 Å². The number of hydrogen-bond acceptors (Lipinski definition) is 3. The Morgan fingerprint density at radius 3 is 2.24 bits per heavy atom. The first kappa shape index (κ1) is 31.7. The molecule has 0 spiro atoms. The zero-order valence-electron chi connectivity index (χ0n) is 21.6. The van der Waals surface area contributed by atoms with Crippen molar-refractivity contribution in [2.45, 2.75) is 29.8 Å². The molecule has 0 aromatic heterocycles. The van der Waals surface area contributed by atoms with Gasteiger partial charge in [-0.05, 0) is 47.5 Å². The van der Waals surface area contributed by atoms with Crippen molar-refractivity contribution in [3.05, 3.63) is 93.3 Å². The molecule has 222 valence electrons. The van der Waals surface area contributed by atoms with Crippen LogP contribution in [0.5, 0.6) is 0 Å². The van der Waals surface area contributed by atoms with Crippen molar-refractivity contribution in [1.29, 1.82) is 0 Å². The second-order valence-electron chi connectivity index (χ2n) is 9.60. The van der Waals surface area contributed by atoms with Gasteiger partial charge in [0.15, 0.2) is 11.6 Å². The molecule has 1 aliphatic carbocycles. The molecule has 4 rings (SSSR count). The average molecular weight is 652 g/mol. The molecular weight excluding hydrogens is 633 g/mol. The number of benzene rings is 3. The number of halogens is 9. The van der Waals surface area contributed by atoms with Gasteiger partial charge in [0, 0.05) is 37.6 Å². The molecule has 0 bridgehead atoms. The Kier molecular flexibility index (Phi) is 8.61. The second-order valence-corrected chi connectivity index (χ2v) is 11.4. The lowest BCUT2D eigenvalue weighted by Gasteiger charge is -2.18. The number of ketones is 1. The minimum absolute atomic E-state index is 0.0363. The average Bonchev–Trinajstić information content (AvgIpc) is 3.48. The van der Waals surface area contributed by atoms with Gasteiger partial charge in [-0.15, -0.1) is 23.2 Å². The first-order chi connectivity index (χ1) is 19.4. The molecule has 14 heteroatoms. The van der Waals surface area contributed by atoms with Gasteiger partial charge in [-0.2, -0.15) is 13.2 Å². The van der Waals surface area contributed by atoms with Crippen LogP contribution >= 0.6 is 34.8 Å². The highest BCUT2D eigenvalue weighted by atomic mass is 35.5. The van der Waals surface area contributed by atoms with E-state index in [0.29, 0.717) is 12.1 Å². The number of carbonyl (C=O) groups excluding carboxylic acids is 3. The van der Waals surface area contributed by atoms with Crippen molar-refractivity contribution < 1.29 is 40.7 Å². The van der Waals surface area contributed by atoms with Crippen LogP contribution in [0.1, 0.15) is 39.9 Å². The number of alkyl halides is 5. The summed E-state index contributed by atoms with van der Waals surface area (Å²) in [5.41, 5.74) is -2.58. The molecular formula is C28H19Cl3F6N2O3. The van der Waals surface area contributed by atoms with Crippen LogP contribution in [0.2, 0.25) is 5.02 Å². The molecule has 0 saturated heterocycles. The fraction of sp³-hybridized carbons (Fsp3) is 0.250. The van der Waals surface area contributed by atoms with Crippen molar-refractivity contribution in [1.82, 2.24) is 0 Å². The lowest BCUT2D eigenvalue weighted by molar-refractivity contribution is -0.140. The van der Waals surface area contributed by atoms with Gasteiger partial charge in [0.25, 0.3) is 0 Å². The Morgan fingerprint density at radius 2 is 1.62 bits per heavy atom. The van der Waals surface area contributed by atoms with E-state index in [2.05, 4.69) is 5.32 Å². The van der Waals surface area contributed by atoms with Gasteiger partial charge in [0.1, 0.15) is 21.7 Å². The van der Waals surface area contributed by atoms with Crippen LogP contribution in [0.15, 0.2) is 48.5 Å². The number of hydrogen-bond donors (Lipinski definition) is 1. The highest BCUT2D eigenvalue weighted by Gasteiger charge is 2.67. The zero-order valence-corrected chi connectivity index (χ0v) is 23.8. The summed E-state index contributed by atoms with van der Waals surface area (Å²) in [4.78, 5) is 38.4. The van der Waals surface area contributed by atoms with Gasteiger partial charge in [0.2, 0.25) is 11.8 Å². The number of nitrogens with zero attached hydrogens (tertiary/aromatic N) is 1. The minimum Gasteiger partial charge on any atom is -0.326 e. The number of amides is 2. The monoisotopic (exact) mass is 650 g/mol. The highest BCUT2D eigenvalue weighted by molar-refractivity contribution is 6.53. The third-order valence-electron chi connectivity index (χ3n) is 6.83. The first-order valence-corrected chi connectivity index (χ1v) is 13.2. The van der Waals surface area contributed by atoms with Crippen LogP contribution < -0.4 is 10.2 Å². The molecule has 42 heavy (non-hydrogen) atoms. The number of Topliss-reactive ketones (excluding diaryl/α,β-unsaturated/α-hetero) is 1. The summed E-state index contributed by atoms with van der Waals surface area (Å²) in [6.45, 7) is 1.11. The maximum atomic E-state index is 15.0. The number of nitrogens with one attached hydrogen (secondary N) is 1. The van der Waals surface area contributed by atoms with E-state index in [1.54, 1.807) is 0 Å². The van der Waals surface area contributed by atoms with E-state index in [1.165, 1.54) is 25.2 Å². The normalized spacial score (nSPS) is 17.5. The lowest BCUT2D eigenvalue weighted by atomic mass is 10.0. The van der Waals surface area contributed by atoms with Gasteiger partial charge >= 0.3 is 6.18 Å². The van der Waals surface area contributed by atoms with Crippen LogP contribution in [0.25, 0.3) is 0 Å². The third kappa shape index (κ3) is 6.09. The standard InChI is InChI=1S/C28H19Cl3F6N2O3/c1-12(40)39(2)25-20(33)8-4-14(24(25)34)10-21(41)16-11-15(5-6-18(16)29)38-26(42)23-22(27(23,30)31)13-3-7-19(32)17(9-13)28(35,36)37/h3-9,11,22-23H,10H2,1-2H3,(H,38,42)/t22-,23+/m0/s1. The third-order valence-corrected chi connectivity index (χ3v) is 8.10. The smallest absolute Gasteiger partial charge is 0.326 e. The quantitative estimate of drug-likeness (QED) is 0.162. The summed E-state index contributed by atoms with van der Waals surface area (Å²) in [6.07, 6.45) is -5.56. The van der Waals surface area contributed by atoms with Crippen LogP contribution in [-0.4, -0.2) is 29.0 Å². The topological polar surface area (TPSA) is 66.5 Å². The molecule has 2 atom stereocenters. The number of rotatable bonds is 7. The fourth-order valence-corrected chi connectivity index (χ4v) is 5.56. The van der Waals surface area contributed by atoms with E-state index in [4.69, 9.17) is 34.8 Å². The van der Waals surface area contributed by atoms with Crippen molar-refractivity contribution in [3.8, 4) is 0 Å². The van der Waals surface area contributed by atoms with Crippen LogP contribution in [0.4, 0.5) is 37.7 Å². The predicted molar refractivity (Wildman–Crippen MR) is 146 cm³/mol. The summed E-state index contributed by atoms with van der Waals surface area (Å²) in [6, 6.07) is 7.95. The molecule has 1 saturated carbocycles. The first-order valence-electron chi connectivity index (χ1n) is 12.0. The van der Waals surface area contributed by atoms with Crippen molar-refractivity contribution in [2.24, 2.45) is 5.92 Å². The Balaban J connectivity index is 1.54. The number of anilines is 2. The molecule has 1 N–H and O–H groups in total. The van der Waals surface area contributed by atoms with Gasteiger partial charge in [-0.3, -0.25) is 14.4 Å². The van der Waals surface area contributed by atoms with Crippen molar-refractivity contribution in [3.63, 3.8) is 0 Å². The maximum absolute atomic E-state index is 15.0. The predicted octanol–water partition coefficient (Wildman–Crippen LogP) is 7.71. The van der Waals surface area contributed by atoms with Gasteiger partial charge in [-0.1, -0.05) is 23.7 Å². The molecule has 1 fully saturated rings.